The Hall–Kier alpha value is -3.35. The maximum Gasteiger partial charge on any atom is 0.355 e. The molecule has 1 aliphatic rings. The van der Waals surface area contributed by atoms with Crippen molar-refractivity contribution in [1.29, 1.82) is 0 Å². The number of fused-ring (bicyclic) bond motifs is 1. The van der Waals surface area contributed by atoms with Crippen molar-refractivity contribution in [2.75, 3.05) is 6.61 Å². The number of rotatable bonds is 8. The van der Waals surface area contributed by atoms with Gasteiger partial charge >= 0.3 is 11.9 Å². The maximum absolute atomic E-state index is 12.6. The fourth-order valence-electron chi connectivity index (χ4n) is 3.42. The monoisotopic (exact) mass is 410 g/mol. The second-order valence-electron chi connectivity index (χ2n) is 7.19. The van der Waals surface area contributed by atoms with Gasteiger partial charge in [-0.05, 0) is 50.8 Å². The van der Waals surface area contributed by atoms with Crippen LogP contribution in [-0.4, -0.2) is 35.4 Å². The Balaban J connectivity index is 1.74. The van der Waals surface area contributed by atoms with E-state index in [9.17, 15) is 14.4 Å². The van der Waals surface area contributed by atoms with Crippen LogP contribution < -0.4 is 5.32 Å². The molecule has 0 saturated carbocycles. The maximum atomic E-state index is 12.6. The number of hydrogen-bond acceptors (Lipinski definition) is 6. The Morgan fingerprint density at radius 3 is 2.53 bits per heavy atom. The fraction of sp³-hybridized carbons (Fsp3) is 0.348. The van der Waals surface area contributed by atoms with Gasteiger partial charge < -0.3 is 19.8 Å². The molecule has 30 heavy (non-hydrogen) atoms. The van der Waals surface area contributed by atoms with Crippen LogP contribution in [0.2, 0.25) is 0 Å². The van der Waals surface area contributed by atoms with Gasteiger partial charge in [0.05, 0.1) is 6.61 Å². The lowest BCUT2D eigenvalue weighted by Gasteiger charge is -2.21. The van der Waals surface area contributed by atoms with Crippen molar-refractivity contribution >= 4 is 23.8 Å². The van der Waals surface area contributed by atoms with E-state index in [-0.39, 0.29) is 19.0 Å². The van der Waals surface area contributed by atoms with Crippen LogP contribution in [0.1, 0.15) is 53.1 Å². The van der Waals surface area contributed by atoms with Crippen LogP contribution in [0.5, 0.6) is 0 Å². The van der Waals surface area contributed by atoms with Gasteiger partial charge in [0.1, 0.15) is 12.3 Å². The van der Waals surface area contributed by atoms with E-state index in [1.54, 1.807) is 6.92 Å². The first-order valence-electron chi connectivity index (χ1n) is 9.97. The molecular formula is C23H26N2O5. The van der Waals surface area contributed by atoms with E-state index in [4.69, 9.17) is 9.47 Å². The fourth-order valence-corrected chi connectivity index (χ4v) is 3.42. The lowest BCUT2D eigenvalue weighted by atomic mass is 9.98. The number of hydrogen-bond donors (Lipinski definition) is 2. The third-order valence-corrected chi connectivity index (χ3v) is 5.02. The average molecular weight is 410 g/mol. The first-order chi connectivity index (χ1) is 14.4. The number of Topliss-reactive ketones (excluding diaryl/α,β-unsaturated/α-hetero) is 1. The van der Waals surface area contributed by atoms with Crippen LogP contribution in [0.25, 0.3) is 6.08 Å². The van der Waals surface area contributed by atoms with Crippen LogP contribution >= 0.6 is 0 Å². The molecule has 1 heterocycles. The van der Waals surface area contributed by atoms with Gasteiger partial charge in [-0.25, -0.2) is 9.59 Å². The Morgan fingerprint density at radius 2 is 1.87 bits per heavy atom. The number of aryl methyl sites for hydroxylation is 1. The average Bonchev–Trinajstić information content (AvgIpc) is 3.07. The number of ether oxygens (including phenoxy) is 2. The van der Waals surface area contributed by atoms with Gasteiger partial charge in [-0.15, -0.1) is 0 Å². The molecule has 0 radical (unpaired) electrons. The zero-order valence-electron chi connectivity index (χ0n) is 17.4. The standard InChI is InChI=1S/C23H26N2O5/c1-4-29-23(28)21(15(3)26)24-17-10-11-19-18(12-17)14(2)20(25-19)22(27)30-13-16-8-6-5-7-9-16/h5-9,12,21,24-25H,4,10-11,13H2,1-3H3. The number of carbonyl (C=O) groups is 3. The summed E-state index contributed by atoms with van der Waals surface area (Å²) in [6.45, 7) is 5.31. The van der Waals surface area contributed by atoms with Gasteiger partial charge in [-0.3, -0.25) is 4.79 Å². The minimum Gasteiger partial charge on any atom is -0.464 e. The molecule has 0 bridgehead atoms. The molecule has 2 aromatic rings. The molecule has 7 nitrogen and oxygen atoms in total. The van der Waals surface area contributed by atoms with Gasteiger partial charge in [-0.2, -0.15) is 0 Å². The Morgan fingerprint density at radius 1 is 1.13 bits per heavy atom. The van der Waals surface area contributed by atoms with Gasteiger partial charge in [0.15, 0.2) is 11.8 Å². The number of ketones is 1. The Kier molecular flexibility index (Phi) is 6.72. The molecule has 1 atom stereocenters. The van der Waals surface area contributed by atoms with Crippen molar-refractivity contribution in [2.45, 2.75) is 46.3 Å². The molecule has 0 amide bonds. The Labute approximate surface area is 175 Å². The van der Waals surface area contributed by atoms with Crippen molar-refractivity contribution in [3.63, 3.8) is 0 Å². The molecule has 0 saturated heterocycles. The van der Waals surface area contributed by atoms with E-state index in [1.165, 1.54) is 6.92 Å². The van der Waals surface area contributed by atoms with Crippen LogP contribution in [0.3, 0.4) is 0 Å². The number of aromatic nitrogens is 1. The van der Waals surface area contributed by atoms with Crippen molar-refractivity contribution < 1.29 is 23.9 Å². The van der Waals surface area contributed by atoms with Crippen molar-refractivity contribution in [1.82, 2.24) is 10.3 Å². The zero-order valence-corrected chi connectivity index (χ0v) is 17.4. The van der Waals surface area contributed by atoms with Crippen LogP contribution in [0.15, 0.2) is 36.0 Å². The largest absolute Gasteiger partial charge is 0.464 e. The molecule has 158 valence electrons. The summed E-state index contributed by atoms with van der Waals surface area (Å²) in [6.07, 6.45) is 3.12. The van der Waals surface area contributed by atoms with Crippen LogP contribution in [-0.2, 0) is 32.1 Å². The smallest absolute Gasteiger partial charge is 0.355 e. The molecule has 0 spiro atoms. The second kappa shape index (κ2) is 9.43. The quantitative estimate of drug-likeness (QED) is 0.513. The van der Waals surface area contributed by atoms with E-state index in [0.29, 0.717) is 18.5 Å². The summed E-state index contributed by atoms with van der Waals surface area (Å²) in [5.74, 6) is -1.31. The third-order valence-electron chi connectivity index (χ3n) is 5.02. The molecule has 7 heteroatoms. The van der Waals surface area contributed by atoms with Gasteiger partial charge in [0.2, 0.25) is 0 Å². The SMILES string of the molecule is CCOC(=O)C(NC1=Cc2c([nH]c(C(=O)OCc3ccccc3)c2C)CC1)C(C)=O. The lowest BCUT2D eigenvalue weighted by Crippen LogP contribution is -2.43. The molecular weight excluding hydrogens is 384 g/mol. The first kappa shape index (κ1) is 21.4. The summed E-state index contributed by atoms with van der Waals surface area (Å²) in [5.41, 5.74) is 4.67. The summed E-state index contributed by atoms with van der Waals surface area (Å²) in [5, 5.41) is 3.00. The zero-order chi connectivity index (χ0) is 21.7. The summed E-state index contributed by atoms with van der Waals surface area (Å²) in [7, 11) is 0. The van der Waals surface area contributed by atoms with Crippen molar-refractivity contribution in [3.05, 3.63) is 64.1 Å². The number of esters is 2. The highest BCUT2D eigenvalue weighted by Crippen LogP contribution is 2.28. The van der Waals surface area contributed by atoms with Crippen molar-refractivity contribution in [2.24, 2.45) is 0 Å². The van der Waals surface area contributed by atoms with E-state index >= 15 is 0 Å². The molecule has 0 fully saturated rings. The number of carbonyl (C=O) groups excluding carboxylic acids is 3. The molecule has 3 rings (SSSR count). The summed E-state index contributed by atoms with van der Waals surface area (Å²) in [4.78, 5) is 39.7. The van der Waals surface area contributed by atoms with Crippen molar-refractivity contribution in [3.8, 4) is 0 Å². The Bertz CT molecular complexity index is 975. The minimum atomic E-state index is -1.03. The topological polar surface area (TPSA) is 97.5 Å². The third kappa shape index (κ3) is 4.79. The molecule has 1 aromatic carbocycles. The first-order valence-corrected chi connectivity index (χ1v) is 9.97. The van der Waals surface area contributed by atoms with Crippen LogP contribution in [0.4, 0.5) is 0 Å². The number of aromatic amines is 1. The number of allylic oxidation sites excluding steroid dienone is 1. The minimum absolute atomic E-state index is 0.200. The molecule has 1 aromatic heterocycles. The number of benzene rings is 1. The predicted molar refractivity (Wildman–Crippen MR) is 112 cm³/mol. The normalized spacial score (nSPS) is 13.6. The molecule has 2 N–H and O–H groups in total. The van der Waals surface area contributed by atoms with E-state index < -0.39 is 18.0 Å². The summed E-state index contributed by atoms with van der Waals surface area (Å²) in [6, 6.07) is 8.46. The van der Waals surface area contributed by atoms with E-state index in [0.717, 1.165) is 28.1 Å². The van der Waals surface area contributed by atoms with Crippen LogP contribution in [0, 0.1) is 6.92 Å². The lowest BCUT2D eigenvalue weighted by molar-refractivity contribution is -0.148. The number of H-pyrrole nitrogens is 1. The van der Waals surface area contributed by atoms with E-state index in [2.05, 4.69) is 10.3 Å². The highest BCUT2D eigenvalue weighted by atomic mass is 16.5. The van der Waals surface area contributed by atoms with Gasteiger partial charge in [-0.1, -0.05) is 30.3 Å². The van der Waals surface area contributed by atoms with Gasteiger partial charge in [0, 0.05) is 17.0 Å². The highest BCUT2D eigenvalue weighted by Gasteiger charge is 2.28. The van der Waals surface area contributed by atoms with Gasteiger partial charge in [0.25, 0.3) is 0 Å². The molecule has 1 unspecified atom stereocenters. The summed E-state index contributed by atoms with van der Waals surface area (Å²) >= 11 is 0. The molecule has 0 aliphatic heterocycles. The second-order valence-corrected chi connectivity index (χ2v) is 7.19. The predicted octanol–water partition coefficient (Wildman–Crippen LogP) is 3.08. The molecule has 1 aliphatic carbocycles. The highest BCUT2D eigenvalue weighted by molar-refractivity contribution is 6.02. The summed E-state index contributed by atoms with van der Waals surface area (Å²) < 4.78 is 10.4. The van der Waals surface area contributed by atoms with E-state index in [1.807, 2.05) is 43.3 Å². The number of nitrogens with one attached hydrogen (secondary N) is 2.